The zero-order valence-electron chi connectivity index (χ0n) is 10.7. The second-order valence-electron chi connectivity index (χ2n) is 3.80. The Morgan fingerprint density at radius 3 is 2.75 bits per heavy atom. The zero-order chi connectivity index (χ0) is 14.4. The SMILES string of the molecule is COc1ccc(NCc2ccncn2)cc1OC(F)F. The molecule has 0 radical (unpaired) electrons. The first-order chi connectivity index (χ1) is 9.69. The first kappa shape index (κ1) is 14.0. The number of hydrogen-bond donors (Lipinski definition) is 1. The van der Waals surface area contributed by atoms with Crippen LogP contribution in [0.25, 0.3) is 0 Å². The predicted octanol–water partition coefficient (Wildman–Crippen LogP) is 2.70. The van der Waals surface area contributed by atoms with Gasteiger partial charge in [0.25, 0.3) is 0 Å². The molecule has 20 heavy (non-hydrogen) atoms. The molecule has 0 bridgehead atoms. The molecule has 0 aliphatic rings. The average Bonchev–Trinajstić information content (AvgIpc) is 2.46. The number of alkyl halides is 2. The number of methoxy groups -OCH3 is 1. The van der Waals surface area contributed by atoms with Crippen molar-refractivity contribution in [1.82, 2.24) is 9.97 Å². The maximum Gasteiger partial charge on any atom is 0.387 e. The highest BCUT2D eigenvalue weighted by Crippen LogP contribution is 2.31. The molecule has 0 saturated heterocycles. The van der Waals surface area contributed by atoms with Gasteiger partial charge in [0.15, 0.2) is 11.5 Å². The fourth-order valence-corrected chi connectivity index (χ4v) is 1.59. The van der Waals surface area contributed by atoms with E-state index in [0.29, 0.717) is 12.2 Å². The number of benzene rings is 1. The van der Waals surface area contributed by atoms with Crippen molar-refractivity contribution >= 4 is 5.69 Å². The molecule has 0 spiro atoms. The van der Waals surface area contributed by atoms with E-state index in [0.717, 1.165) is 5.69 Å². The van der Waals surface area contributed by atoms with Crippen molar-refractivity contribution in [2.75, 3.05) is 12.4 Å². The fourth-order valence-electron chi connectivity index (χ4n) is 1.59. The van der Waals surface area contributed by atoms with Crippen molar-refractivity contribution in [2.24, 2.45) is 0 Å². The summed E-state index contributed by atoms with van der Waals surface area (Å²) in [5.74, 6) is 0.230. The summed E-state index contributed by atoms with van der Waals surface area (Å²) in [5, 5.41) is 3.06. The molecule has 0 aliphatic heterocycles. The number of nitrogens with one attached hydrogen (secondary N) is 1. The van der Waals surface area contributed by atoms with Crippen LogP contribution in [0, 0.1) is 0 Å². The van der Waals surface area contributed by atoms with Gasteiger partial charge in [-0.05, 0) is 18.2 Å². The molecule has 0 saturated carbocycles. The van der Waals surface area contributed by atoms with Gasteiger partial charge in [-0.3, -0.25) is 0 Å². The summed E-state index contributed by atoms with van der Waals surface area (Å²) in [7, 11) is 1.39. The lowest BCUT2D eigenvalue weighted by molar-refractivity contribution is -0.0511. The van der Waals surface area contributed by atoms with Crippen LogP contribution in [0.1, 0.15) is 5.69 Å². The van der Waals surface area contributed by atoms with Gasteiger partial charge in [-0.25, -0.2) is 9.97 Å². The van der Waals surface area contributed by atoms with Crippen molar-refractivity contribution in [3.05, 3.63) is 42.5 Å². The standard InChI is InChI=1S/C13H13F2N3O2/c1-19-11-3-2-9(6-12(11)20-13(14)15)17-7-10-4-5-16-8-18-10/h2-6,8,13,17H,7H2,1H3. The van der Waals surface area contributed by atoms with Crippen LogP contribution in [0.4, 0.5) is 14.5 Å². The number of hydrogen-bond acceptors (Lipinski definition) is 5. The lowest BCUT2D eigenvalue weighted by Gasteiger charge is -2.12. The second-order valence-corrected chi connectivity index (χ2v) is 3.80. The van der Waals surface area contributed by atoms with Gasteiger partial charge in [-0.1, -0.05) is 0 Å². The molecule has 0 fully saturated rings. The van der Waals surface area contributed by atoms with Crippen molar-refractivity contribution in [2.45, 2.75) is 13.2 Å². The van der Waals surface area contributed by atoms with Gasteiger partial charge in [0.05, 0.1) is 19.3 Å². The Bertz CT molecular complexity index is 553. The number of halogens is 2. The van der Waals surface area contributed by atoms with Gasteiger partial charge in [0, 0.05) is 18.0 Å². The molecule has 1 aromatic heterocycles. The molecule has 1 heterocycles. The maximum absolute atomic E-state index is 12.3. The maximum atomic E-state index is 12.3. The Morgan fingerprint density at radius 2 is 2.10 bits per heavy atom. The van der Waals surface area contributed by atoms with Crippen LogP contribution in [-0.4, -0.2) is 23.7 Å². The minimum Gasteiger partial charge on any atom is -0.493 e. The molecule has 1 N–H and O–H groups in total. The lowest BCUT2D eigenvalue weighted by atomic mass is 10.2. The van der Waals surface area contributed by atoms with Gasteiger partial charge in [0.1, 0.15) is 6.33 Å². The Labute approximate surface area is 114 Å². The molecule has 5 nitrogen and oxygen atoms in total. The molecule has 0 amide bonds. The number of rotatable bonds is 6. The molecule has 2 aromatic rings. The van der Waals surface area contributed by atoms with E-state index in [1.807, 2.05) is 0 Å². The van der Waals surface area contributed by atoms with Crippen molar-refractivity contribution < 1.29 is 18.3 Å². The van der Waals surface area contributed by atoms with E-state index in [4.69, 9.17) is 4.74 Å². The van der Waals surface area contributed by atoms with E-state index in [9.17, 15) is 8.78 Å². The van der Waals surface area contributed by atoms with E-state index in [1.54, 1.807) is 24.4 Å². The molecular weight excluding hydrogens is 268 g/mol. The minimum atomic E-state index is -2.90. The predicted molar refractivity (Wildman–Crippen MR) is 69.0 cm³/mol. The monoisotopic (exact) mass is 281 g/mol. The third-order valence-corrected chi connectivity index (χ3v) is 2.50. The largest absolute Gasteiger partial charge is 0.493 e. The van der Waals surface area contributed by atoms with Crippen molar-refractivity contribution in [1.29, 1.82) is 0 Å². The van der Waals surface area contributed by atoms with Gasteiger partial charge < -0.3 is 14.8 Å². The fraction of sp³-hybridized carbons (Fsp3) is 0.231. The molecular formula is C13H13F2N3O2. The van der Waals surface area contributed by atoms with E-state index in [1.165, 1.54) is 19.5 Å². The first-order valence-electron chi connectivity index (χ1n) is 5.80. The summed E-state index contributed by atoms with van der Waals surface area (Å²) >= 11 is 0. The molecule has 7 heteroatoms. The molecule has 2 rings (SSSR count). The normalized spacial score (nSPS) is 10.4. The number of aromatic nitrogens is 2. The van der Waals surface area contributed by atoms with Crippen molar-refractivity contribution in [3.63, 3.8) is 0 Å². The Kier molecular flexibility index (Phi) is 4.65. The summed E-state index contributed by atoms with van der Waals surface area (Å²) in [6.07, 6.45) is 3.07. The smallest absolute Gasteiger partial charge is 0.387 e. The average molecular weight is 281 g/mol. The highest BCUT2D eigenvalue weighted by molar-refractivity contribution is 5.54. The van der Waals surface area contributed by atoms with Crippen LogP contribution in [0.3, 0.4) is 0 Å². The van der Waals surface area contributed by atoms with Crippen LogP contribution in [0.5, 0.6) is 11.5 Å². The summed E-state index contributed by atoms with van der Waals surface area (Å²) in [6, 6.07) is 6.47. The van der Waals surface area contributed by atoms with E-state index in [-0.39, 0.29) is 11.5 Å². The third-order valence-electron chi connectivity index (χ3n) is 2.50. The Morgan fingerprint density at radius 1 is 1.25 bits per heavy atom. The highest BCUT2D eigenvalue weighted by atomic mass is 19.3. The third kappa shape index (κ3) is 3.78. The molecule has 0 aliphatic carbocycles. The summed E-state index contributed by atoms with van der Waals surface area (Å²) < 4.78 is 34.0. The van der Waals surface area contributed by atoms with E-state index in [2.05, 4.69) is 20.0 Å². The second kappa shape index (κ2) is 6.65. The summed E-state index contributed by atoms with van der Waals surface area (Å²) in [6.45, 7) is -2.45. The van der Waals surface area contributed by atoms with E-state index < -0.39 is 6.61 Å². The van der Waals surface area contributed by atoms with Crippen molar-refractivity contribution in [3.8, 4) is 11.5 Å². The number of ether oxygens (including phenoxy) is 2. The van der Waals surface area contributed by atoms with Gasteiger partial charge in [-0.2, -0.15) is 8.78 Å². The summed E-state index contributed by atoms with van der Waals surface area (Å²) in [5.41, 5.74) is 1.41. The van der Waals surface area contributed by atoms with Gasteiger partial charge >= 0.3 is 6.61 Å². The Balaban J connectivity index is 2.08. The number of nitrogens with zero attached hydrogens (tertiary/aromatic N) is 2. The van der Waals surface area contributed by atoms with Crippen LogP contribution in [0.2, 0.25) is 0 Å². The van der Waals surface area contributed by atoms with Crippen LogP contribution in [0.15, 0.2) is 36.8 Å². The minimum absolute atomic E-state index is 0.0183. The Hall–Kier alpha value is -2.44. The highest BCUT2D eigenvalue weighted by Gasteiger charge is 2.11. The molecule has 0 unspecified atom stereocenters. The van der Waals surface area contributed by atoms with Crippen LogP contribution >= 0.6 is 0 Å². The van der Waals surface area contributed by atoms with Crippen LogP contribution in [-0.2, 0) is 6.54 Å². The summed E-state index contributed by atoms with van der Waals surface area (Å²) in [4.78, 5) is 7.86. The van der Waals surface area contributed by atoms with Gasteiger partial charge in [-0.15, -0.1) is 0 Å². The quantitative estimate of drug-likeness (QED) is 0.882. The van der Waals surface area contributed by atoms with Gasteiger partial charge in [0.2, 0.25) is 0 Å². The zero-order valence-corrected chi connectivity index (χ0v) is 10.7. The molecule has 106 valence electrons. The first-order valence-corrected chi connectivity index (χ1v) is 5.80. The molecule has 0 atom stereocenters. The lowest BCUT2D eigenvalue weighted by Crippen LogP contribution is -2.05. The number of anilines is 1. The van der Waals surface area contributed by atoms with Crippen LogP contribution < -0.4 is 14.8 Å². The molecule has 1 aromatic carbocycles. The van der Waals surface area contributed by atoms with E-state index >= 15 is 0 Å². The topological polar surface area (TPSA) is 56.3 Å².